The van der Waals surface area contributed by atoms with Gasteiger partial charge in [-0.25, -0.2) is 47.1 Å². The van der Waals surface area contributed by atoms with Crippen LogP contribution in [0.1, 0.15) is 27.7 Å². The number of hydrogen-bond donors (Lipinski definition) is 0. The summed E-state index contributed by atoms with van der Waals surface area (Å²) in [5, 5.41) is 0. The molecule has 0 saturated heterocycles. The van der Waals surface area contributed by atoms with E-state index in [2.05, 4.69) is 52.6 Å². The first kappa shape index (κ1) is 72.0. The normalized spacial score (nSPS) is 9.85. The third kappa shape index (κ3) is 23.0. The molecule has 0 fully saturated rings. The molecule has 94 heavy (non-hydrogen) atoms. The third-order valence-electron chi connectivity index (χ3n) is 12.1. The Kier molecular flexibility index (Phi) is 27.2. The molecule has 0 unspecified atom stereocenters. The predicted molar refractivity (Wildman–Crippen MR) is 353 cm³/mol. The summed E-state index contributed by atoms with van der Waals surface area (Å²) in [6, 6.07) is 49.9. The van der Waals surface area contributed by atoms with Crippen molar-refractivity contribution in [2.45, 2.75) is 27.7 Å². The highest BCUT2D eigenvalue weighted by Crippen LogP contribution is 2.31. The molecule has 0 aromatic heterocycles. The number of halogens is 2. The third-order valence-corrected chi connectivity index (χ3v) is 12.1. The van der Waals surface area contributed by atoms with E-state index in [1.54, 1.807) is 130 Å². The number of benzene rings is 8. The Morgan fingerprint density at radius 1 is 0.266 bits per heavy atom. The molecule has 476 valence electrons. The molecule has 0 spiro atoms. The van der Waals surface area contributed by atoms with Crippen LogP contribution in [0.25, 0.3) is 44.5 Å². The van der Waals surface area contributed by atoms with Crippen LogP contribution in [0, 0.1) is 11.6 Å². The Morgan fingerprint density at radius 3 is 0.660 bits per heavy atom. The Balaban J connectivity index is 0.000000227. The number of hydrogen-bond acceptors (Lipinski definition) is 16. The molecular formula is C76H62F2O16. The number of ether oxygens (including phenoxy) is 8. The van der Waals surface area contributed by atoms with Gasteiger partial charge in [0.1, 0.15) is 34.5 Å². The lowest BCUT2D eigenvalue weighted by molar-refractivity contribution is -0.131. The van der Waals surface area contributed by atoms with Crippen molar-refractivity contribution in [2.24, 2.45) is 0 Å². The molecule has 0 aliphatic heterocycles. The van der Waals surface area contributed by atoms with Crippen LogP contribution in [0.15, 0.2) is 281 Å². The van der Waals surface area contributed by atoms with Crippen LogP contribution in [0.4, 0.5) is 8.78 Å². The highest BCUT2D eigenvalue weighted by Gasteiger charge is 2.15. The number of carbonyl (C=O) groups is 8. The van der Waals surface area contributed by atoms with Crippen LogP contribution >= 0.6 is 0 Å². The molecule has 0 N–H and O–H groups in total. The van der Waals surface area contributed by atoms with Crippen molar-refractivity contribution in [3.8, 4) is 90.5 Å². The van der Waals surface area contributed by atoms with Gasteiger partial charge >= 0.3 is 47.8 Å². The second-order valence-corrected chi connectivity index (χ2v) is 19.6. The van der Waals surface area contributed by atoms with Gasteiger partial charge in [0.25, 0.3) is 0 Å². The predicted octanol–water partition coefficient (Wildman–Crippen LogP) is 16.0. The molecule has 0 heterocycles. The van der Waals surface area contributed by atoms with Crippen LogP contribution in [-0.4, -0.2) is 47.8 Å². The fourth-order valence-corrected chi connectivity index (χ4v) is 7.21. The smallest absolute Gasteiger partial charge is 0.338 e. The molecular weight excluding hydrogens is 1210 g/mol. The molecule has 16 nitrogen and oxygen atoms in total. The number of esters is 8. The Labute approximate surface area is 541 Å². The molecule has 0 radical (unpaired) electrons. The standard InChI is InChI=1S/C20H17FO4.C20H18O4.C18H13FO4.C18H14O4/c1-12(2)19(22)24-16-8-5-14(6-9-16)15-7-10-18(17(21)11-15)25-20(23)13(3)4;1-13(2)19(21)23-17-9-5-15(6-10-17)16-7-11-18(12-8-16)24-20(22)14(3)4;1-3-17(20)22-14-8-5-12(6-9-14)13-7-10-16(15(19)11-13)23-18(21)4-2;1-3-17(19)21-15-9-5-13(6-10-15)14-7-11-16(12-8-14)22-18(20)4-2/h5-11H,1,3H2,2,4H3;5-12H,1,3H2,2,4H3;3-11H,1-2H2;3-12H,1-2H2. The van der Waals surface area contributed by atoms with Gasteiger partial charge in [0.05, 0.1) is 0 Å². The van der Waals surface area contributed by atoms with Crippen molar-refractivity contribution in [3.63, 3.8) is 0 Å². The van der Waals surface area contributed by atoms with Crippen LogP contribution < -0.4 is 37.9 Å². The zero-order valence-electron chi connectivity index (χ0n) is 51.6. The van der Waals surface area contributed by atoms with E-state index in [1.807, 2.05) is 48.5 Å². The number of rotatable bonds is 20. The van der Waals surface area contributed by atoms with Crippen molar-refractivity contribution in [3.05, 3.63) is 293 Å². The van der Waals surface area contributed by atoms with Crippen molar-refractivity contribution in [2.75, 3.05) is 0 Å². The summed E-state index contributed by atoms with van der Waals surface area (Å²) in [4.78, 5) is 90.2. The first-order chi connectivity index (χ1) is 44.8. The fourth-order valence-electron chi connectivity index (χ4n) is 7.21. The fraction of sp³-hybridized carbons (Fsp3) is 0.0526. The minimum absolute atomic E-state index is 0.163. The van der Waals surface area contributed by atoms with E-state index < -0.39 is 59.4 Å². The van der Waals surface area contributed by atoms with Gasteiger partial charge in [-0.05, 0) is 169 Å². The first-order valence-corrected chi connectivity index (χ1v) is 27.9. The zero-order chi connectivity index (χ0) is 69.0. The van der Waals surface area contributed by atoms with E-state index in [1.165, 1.54) is 31.2 Å². The molecule has 8 aromatic carbocycles. The van der Waals surface area contributed by atoms with E-state index in [0.29, 0.717) is 73.5 Å². The van der Waals surface area contributed by atoms with E-state index in [0.717, 1.165) is 46.6 Å². The minimum Gasteiger partial charge on any atom is -0.423 e. The monoisotopic (exact) mass is 1270 g/mol. The van der Waals surface area contributed by atoms with Crippen molar-refractivity contribution in [1.29, 1.82) is 0 Å². The largest absolute Gasteiger partial charge is 0.423 e. The Bertz CT molecular complexity index is 4050. The highest BCUT2D eigenvalue weighted by atomic mass is 19.1. The molecule has 8 aromatic rings. The SMILES string of the molecule is C=C(C)C(=O)Oc1ccc(-c2ccc(OC(=O)C(=C)C)c(F)c2)cc1.C=C(C)C(=O)Oc1ccc(-c2ccc(OC(=O)C(=C)C)cc2)cc1.C=CC(=O)Oc1ccc(-c2ccc(OC(=O)C=C)c(F)c2)cc1.C=CC(=O)Oc1ccc(-c2ccc(OC(=O)C=C)cc2)cc1. The summed E-state index contributed by atoms with van der Waals surface area (Å²) in [5.41, 5.74) is 7.56. The molecule has 18 heteroatoms. The quantitative estimate of drug-likeness (QED) is 0.0394. The molecule has 0 aliphatic rings. The topological polar surface area (TPSA) is 210 Å². The van der Waals surface area contributed by atoms with Crippen LogP contribution in [0.2, 0.25) is 0 Å². The van der Waals surface area contributed by atoms with Crippen LogP contribution in [0.5, 0.6) is 46.0 Å². The summed E-state index contributed by atoms with van der Waals surface area (Å²) in [6.45, 7) is 33.5. The second-order valence-electron chi connectivity index (χ2n) is 19.6. The summed E-state index contributed by atoms with van der Waals surface area (Å²) in [7, 11) is 0. The lowest BCUT2D eigenvalue weighted by Crippen LogP contribution is -2.09. The zero-order valence-corrected chi connectivity index (χ0v) is 51.6. The minimum atomic E-state index is -0.731. The second kappa shape index (κ2) is 35.5. The maximum atomic E-state index is 14.1. The maximum Gasteiger partial charge on any atom is 0.338 e. The van der Waals surface area contributed by atoms with Gasteiger partial charge in [0, 0.05) is 46.6 Å². The van der Waals surface area contributed by atoms with Gasteiger partial charge in [-0.2, -0.15) is 0 Å². The van der Waals surface area contributed by atoms with E-state index in [9.17, 15) is 47.1 Å². The average Bonchev–Trinajstić information content (AvgIpc) is 0.924. The Hall–Kier alpha value is -12.7. The van der Waals surface area contributed by atoms with Crippen molar-refractivity contribution >= 4 is 47.8 Å². The molecule has 0 amide bonds. The van der Waals surface area contributed by atoms with Crippen molar-refractivity contribution < 1.29 is 85.0 Å². The van der Waals surface area contributed by atoms with Gasteiger partial charge in [-0.15, -0.1) is 0 Å². The van der Waals surface area contributed by atoms with Crippen molar-refractivity contribution in [1.82, 2.24) is 0 Å². The van der Waals surface area contributed by atoms with Crippen LogP contribution in [-0.2, 0) is 38.4 Å². The summed E-state index contributed by atoms with van der Waals surface area (Å²) < 4.78 is 68.1. The van der Waals surface area contributed by atoms with Gasteiger partial charge < -0.3 is 37.9 Å². The lowest BCUT2D eigenvalue weighted by atomic mass is 10.1. The summed E-state index contributed by atoms with van der Waals surface area (Å²) in [6.07, 6.45) is 4.23. The molecule has 0 atom stereocenters. The lowest BCUT2D eigenvalue weighted by Gasteiger charge is -2.08. The van der Waals surface area contributed by atoms with Gasteiger partial charge in [0.2, 0.25) is 0 Å². The average molecular weight is 1270 g/mol. The van der Waals surface area contributed by atoms with Crippen LogP contribution in [0.3, 0.4) is 0 Å². The van der Waals surface area contributed by atoms with Gasteiger partial charge in [0.15, 0.2) is 23.1 Å². The Morgan fingerprint density at radius 2 is 0.447 bits per heavy atom. The number of carbonyl (C=O) groups excluding carboxylic acids is 8. The van der Waals surface area contributed by atoms with E-state index >= 15 is 0 Å². The highest BCUT2D eigenvalue weighted by molar-refractivity contribution is 5.91. The van der Waals surface area contributed by atoms with Gasteiger partial charge in [-0.1, -0.05) is 138 Å². The van der Waals surface area contributed by atoms with E-state index in [-0.39, 0.29) is 17.1 Å². The molecule has 0 bridgehead atoms. The van der Waals surface area contributed by atoms with E-state index in [4.69, 9.17) is 37.9 Å². The first-order valence-electron chi connectivity index (χ1n) is 27.9. The summed E-state index contributed by atoms with van der Waals surface area (Å²) >= 11 is 0. The maximum absolute atomic E-state index is 14.1. The summed E-state index contributed by atoms with van der Waals surface area (Å²) in [5.74, 6) is -3.52. The van der Waals surface area contributed by atoms with Gasteiger partial charge in [-0.3, -0.25) is 0 Å². The molecule has 8 rings (SSSR count). The molecule has 0 aliphatic carbocycles. The molecule has 0 saturated carbocycles.